The van der Waals surface area contributed by atoms with Crippen LogP contribution in [-0.4, -0.2) is 35.0 Å². The highest BCUT2D eigenvalue weighted by atomic mass is 16.4. The molecule has 0 aromatic rings. The summed E-state index contributed by atoms with van der Waals surface area (Å²) in [6.45, 7) is 12.2. The van der Waals surface area contributed by atoms with Crippen LogP contribution in [0.25, 0.3) is 0 Å². The minimum absolute atomic E-state index is 0.299. The van der Waals surface area contributed by atoms with Gasteiger partial charge in [0, 0.05) is 13.1 Å². The van der Waals surface area contributed by atoms with Crippen molar-refractivity contribution >= 4 is 11.9 Å². The van der Waals surface area contributed by atoms with Crippen LogP contribution >= 0.6 is 0 Å². The Morgan fingerprint density at radius 3 is 1.65 bits per heavy atom. The van der Waals surface area contributed by atoms with Crippen LogP contribution in [0.1, 0.15) is 41.5 Å². The number of aliphatic carboxylic acids is 1. The Labute approximate surface area is 104 Å². The predicted octanol–water partition coefficient (Wildman–Crippen LogP) is 2.24. The molecule has 0 spiro atoms. The van der Waals surface area contributed by atoms with Crippen molar-refractivity contribution in [2.24, 2.45) is 17.3 Å². The maximum atomic E-state index is 12.2. The van der Waals surface area contributed by atoms with Crippen molar-refractivity contribution < 1.29 is 14.7 Å². The first-order chi connectivity index (χ1) is 7.59. The van der Waals surface area contributed by atoms with Gasteiger partial charge in [-0.05, 0) is 25.7 Å². The standard InChI is InChI=1S/C13H25NO3/c1-9(2)7-14(8-10(3)4)11(15)13(5,6)12(16)17/h9-10H,7-8H2,1-6H3,(H,16,17). The SMILES string of the molecule is CC(C)CN(CC(C)C)C(=O)C(C)(C)C(=O)O. The first-order valence-corrected chi connectivity index (χ1v) is 6.11. The van der Waals surface area contributed by atoms with E-state index in [-0.39, 0.29) is 5.91 Å². The predicted molar refractivity (Wildman–Crippen MR) is 67.7 cm³/mol. The lowest BCUT2D eigenvalue weighted by Gasteiger charge is -2.31. The molecule has 0 saturated carbocycles. The summed E-state index contributed by atoms with van der Waals surface area (Å²) < 4.78 is 0. The number of carboxylic acids is 1. The van der Waals surface area contributed by atoms with Gasteiger partial charge in [0.2, 0.25) is 5.91 Å². The average Bonchev–Trinajstić information content (AvgIpc) is 2.13. The molecule has 0 atom stereocenters. The Morgan fingerprint density at radius 1 is 1.06 bits per heavy atom. The quantitative estimate of drug-likeness (QED) is 0.728. The fraction of sp³-hybridized carbons (Fsp3) is 0.846. The molecule has 0 aliphatic rings. The van der Waals surface area contributed by atoms with Gasteiger partial charge in [0.1, 0.15) is 5.41 Å². The fourth-order valence-corrected chi connectivity index (χ4v) is 1.61. The molecule has 17 heavy (non-hydrogen) atoms. The van der Waals surface area contributed by atoms with Gasteiger partial charge in [-0.15, -0.1) is 0 Å². The summed E-state index contributed by atoms with van der Waals surface area (Å²) in [5.74, 6) is -0.697. The molecule has 0 aliphatic heterocycles. The first-order valence-electron chi connectivity index (χ1n) is 6.11. The second-order valence-corrected chi connectivity index (χ2v) is 5.93. The van der Waals surface area contributed by atoms with Gasteiger partial charge < -0.3 is 10.0 Å². The molecule has 1 N–H and O–H groups in total. The van der Waals surface area contributed by atoms with Gasteiger partial charge in [0.05, 0.1) is 0 Å². The largest absolute Gasteiger partial charge is 0.480 e. The Balaban J connectivity index is 4.92. The molecule has 0 aromatic carbocycles. The van der Waals surface area contributed by atoms with E-state index in [0.717, 1.165) is 0 Å². The average molecular weight is 243 g/mol. The summed E-state index contributed by atoms with van der Waals surface area (Å²) in [6.07, 6.45) is 0. The Hall–Kier alpha value is -1.06. The molecule has 0 fully saturated rings. The number of carbonyl (C=O) groups excluding carboxylic acids is 1. The van der Waals surface area contributed by atoms with E-state index >= 15 is 0 Å². The second-order valence-electron chi connectivity index (χ2n) is 5.93. The monoisotopic (exact) mass is 243 g/mol. The van der Waals surface area contributed by atoms with Crippen LogP contribution in [0.15, 0.2) is 0 Å². The van der Waals surface area contributed by atoms with Crippen molar-refractivity contribution in [2.75, 3.05) is 13.1 Å². The topological polar surface area (TPSA) is 57.6 Å². The number of carboxylic acid groups (broad SMARTS) is 1. The molecule has 100 valence electrons. The highest BCUT2D eigenvalue weighted by molar-refractivity contribution is 6.00. The van der Waals surface area contributed by atoms with Crippen molar-refractivity contribution in [3.8, 4) is 0 Å². The van der Waals surface area contributed by atoms with Gasteiger partial charge in [-0.1, -0.05) is 27.7 Å². The highest BCUT2D eigenvalue weighted by Gasteiger charge is 2.39. The van der Waals surface area contributed by atoms with Crippen LogP contribution in [0.2, 0.25) is 0 Å². The van der Waals surface area contributed by atoms with E-state index in [1.807, 2.05) is 27.7 Å². The number of carbonyl (C=O) groups is 2. The van der Waals surface area contributed by atoms with Crippen molar-refractivity contribution in [1.29, 1.82) is 0 Å². The van der Waals surface area contributed by atoms with Gasteiger partial charge in [0.15, 0.2) is 0 Å². The molecular formula is C13H25NO3. The maximum absolute atomic E-state index is 12.2. The molecule has 0 radical (unpaired) electrons. The molecule has 4 heteroatoms. The molecule has 0 rings (SSSR count). The summed E-state index contributed by atoms with van der Waals surface area (Å²) >= 11 is 0. The van der Waals surface area contributed by atoms with Crippen LogP contribution in [-0.2, 0) is 9.59 Å². The van der Waals surface area contributed by atoms with Crippen LogP contribution < -0.4 is 0 Å². The normalized spacial score (nSPS) is 12.0. The van der Waals surface area contributed by atoms with Gasteiger partial charge in [0.25, 0.3) is 0 Å². The van der Waals surface area contributed by atoms with Crippen LogP contribution in [0.4, 0.5) is 0 Å². The third-order valence-corrected chi connectivity index (χ3v) is 2.53. The van der Waals surface area contributed by atoms with E-state index in [1.54, 1.807) is 4.90 Å². The van der Waals surface area contributed by atoms with Crippen LogP contribution in [0.3, 0.4) is 0 Å². The van der Waals surface area contributed by atoms with Gasteiger partial charge in [-0.25, -0.2) is 0 Å². The Bertz CT molecular complexity index is 272. The van der Waals surface area contributed by atoms with Gasteiger partial charge in [-0.2, -0.15) is 0 Å². The number of nitrogens with zero attached hydrogens (tertiary/aromatic N) is 1. The maximum Gasteiger partial charge on any atom is 0.318 e. The first kappa shape index (κ1) is 15.9. The van der Waals surface area contributed by atoms with E-state index < -0.39 is 11.4 Å². The Kier molecular flexibility index (Phi) is 5.66. The molecule has 0 unspecified atom stereocenters. The van der Waals surface area contributed by atoms with Crippen molar-refractivity contribution in [1.82, 2.24) is 4.90 Å². The lowest BCUT2D eigenvalue weighted by molar-refractivity contribution is -0.158. The van der Waals surface area contributed by atoms with Crippen LogP contribution in [0, 0.1) is 17.3 Å². The second kappa shape index (κ2) is 6.03. The van der Waals surface area contributed by atoms with Crippen molar-refractivity contribution in [2.45, 2.75) is 41.5 Å². The van der Waals surface area contributed by atoms with E-state index in [2.05, 4.69) is 0 Å². The summed E-state index contributed by atoms with van der Waals surface area (Å²) in [6, 6.07) is 0. The third kappa shape index (κ3) is 4.75. The minimum Gasteiger partial charge on any atom is -0.480 e. The zero-order valence-corrected chi connectivity index (χ0v) is 11.8. The smallest absolute Gasteiger partial charge is 0.318 e. The summed E-state index contributed by atoms with van der Waals surface area (Å²) in [5, 5.41) is 9.08. The molecule has 0 heterocycles. The molecule has 0 aliphatic carbocycles. The van der Waals surface area contributed by atoms with Crippen molar-refractivity contribution in [3.63, 3.8) is 0 Å². The lowest BCUT2D eigenvalue weighted by Crippen LogP contribution is -2.47. The summed E-state index contributed by atoms with van der Waals surface area (Å²) in [5.41, 5.74) is -1.34. The summed E-state index contributed by atoms with van der Waals surface area (Å²) in [4.78, 5) is 25.0. The fourth-order valence-electron chi connectivity index (χ4n) is 1.61. The molecule has 0 bridgehead atoms. The molecule has 0 aromatic heterocycles. The zero-order valence-electron chi connectivity index (χ0n) is 11.8. The van der Waals surface area contributed by atoms with Gasteiger partial charge >= 0.3 is 5.97 Å². The van der Waals surface area contributed by atoms with E-state index in [4.69, 9.17) is 5.11 Å². The van der Waals surface area contributed by atoms with Gasteiger partial charge in [-0.3, -0.25) is 9.59 Å². The Morgan fingerprint density at radius 2 is 1.41 bits per heavy atom. The minimum atomic E-state index is -1.34. The third-order valence-electron chi connectivity index (χ3n) is 2.53. The van der Waals surface area contributed by atoms with Crippen LogP contribution in [0.5, 0.6) is 0 Å². The number of hydrogen-bond acceptors (Lipinski definition) is 2. The lowest BCUT2D eigenvalue weighted by atomic mass is 9.91. The molecule has 4 nitrogen and oxygen atoms in total. The number of rotatable bonds is 6. The number of hydrogen-bond donors (Lipinski definition) is 1. The van der Waals surface area contributed by atoms with E-state index in [9.17, 15) is 9.59 Å². The zero-order chi connectivity index (χ0) is 13.8. The molecule has 0 saturated heterocycles. The van der Waals surface area contributed by atoms with E-state index in [0.29, 0.717) is 24.9 Å². The number of amides is 1. The molecular weight excluding hydrogens is 218 g/mol. The molecule has 1 amide bonds. The van der Waals surface area contributed by atoms with E-state index in [1.165, 1.54) is 13.8 Å². The summed E-state index contributed by atoms with van der Waals surface area (Å²) in [7, 11) is 0. The van der Waals surface area contributed by atoms with Crippen molar-refractivity contribution in [3.05, 3.63) is 0 Å². The highest BCUT2D eigenvalue weighted by Crippen LogP contribution is 2.21.